The maximum atomic E-state index is 12.7. The summed E-state index contributed by atoms with van der Waals surface area (Å²) < 4.78 is 28.6. The van der Waals surface area contributed by atoms with Crippen LogP contribution in [0.25, 0.3) is 0 Å². The monoisotopic (exact) mass is 449 g/mol. The van der Waals surface area contributed by atoms with Gasteiger partial charge in [0, 0.05) is 28.8 Å². The molecule has 2 aliphatic carbocycles. The Morgan fingerprint density at radius 1 is 1.35 bits per heavy atom. The molecule has 8 heteroatoms. The zero-order chi connectivity index (χ0) is 24.9. The molecule has 0 fully saturated rings. The van der Waals surface area contributed by atoms with E-state index < -0.39 is 55.5 Å². The Morgan fingerprint density at radius 3 is 2.68 bits per heavy atom. The number of carbonyl (C=O) groups excluding carboxylic acids is 2. The number of carbonyl (C=O) groups is 2. The molecular formula is C23H35NaO7. The Bertz CT molecular complexity index is 755. The van der Waals surface area contributed by atoms with E-state index in [-0.39, 0.29) is 66.6 Å². The molecule has 0 bridgehead atoms. The number of aliphatic carboxylic acids is 1. The van der Waals surface area contributed by atoms with E-state index in [0.717, 1.165) is 5.57 Å². The number of esters is 1. The first-order valence-electron chi connectivity index (χ1n) is 12.2. The maximum Gasteiger partial charge on any atom is 1.00 e. The van der Waals surface area contributed by atoms with Crippen LogP contribution >= 0.6 is 0 Å². The van der Waals surface area contributed by atoms with E-state index in [9.17, 15) is 30.0 Å². The van der Waals surface area contributed by atoms with E-state index >= 15 is 0 Å². The van der Waals surface area contributed by atoms with Crippen molar-refractivity contribution < 1.29 is 68.4 Å². The van der Waals surface area contributed by atoms with Gasteiger partial charge in [-0.15, -0.1) is 0 Å². The Hall–Kier alpha value is -0.700. The fourth-order valence-corrected chi connectivity index (χ4v) is 4.48. The first-order chi connectivity index (χ1) is 15.3. The molecule has 0 aromatic carbocycles. The summed E-state index contributed by atoms with van der Waals surface area (Å²) in [6.07, 6.45) is 2.52. The van der Waals surface area contributed by atoms with Gasteiger partial charge in [0.15, 0.2) is 0 Å². The molecule has 0 saturated heterocycles. The van der Waals surface area contributed by atoms with Gasteiger partial charge >= 0.3 is 35.5 Å². The molecule has 3 N–H and O–H groups in total. The molecule has 31 heavy (non-hydrogen) atoms. The molecule has 0 saturated carbocycles. The number of hydrogen-bond acceptors (Lipinski definition) is 7. The summed E-state index contributed by atoms with van der Waals surface area (Å²) in [6, 6.07) is 0. The molecule has 0 aromatic rings. The number of aliphatic hydroxyl groups is 3. The van der Waals surface area contributed by atoms with Crippen molar-refractivity contribution in [3.8, 4) is 0 Å². The largest absolute Gasteiger partial charge is 1.00 e. The minimum absolute atomic E-state index is 0. The molecule has 7 nitrogen and oxygen atoms in total. The quantitative estimate of drug-likeness (QED) is 0.263. The average Bonchev–Trinajstić information content (AvgIpc) is 2.67. The van der Waals surface area contributed by atoms with Crippen molar-refractivity contribution in [3.05, 3.63) is 23.8 Å². The fraction of sp³-hybridized carbons (Fsp3) is 0.739. The number of aliphatic hydroxyl groups excluding tert-OH is 3. The second-order valence-corrected chi connectivity index (χ2v) is 8.48. The summed E-state index contributed by atoms with van der Waals surface area (Å²) in [5.41, 5.74) is 0.808. The predicted molar refractivity (Wildman–Crippen MR) is 109 cm³/mol. The summed E-state index contributed by atoms with van der Waals surface area (Å²) in [5.74, 6) is -4.03. The van der Waals surface area contributed by atoms with Gasteiger partial charge in [-0.1, -0.05) is 38.9 Å². The molecule has 0 aliphatic heterocycles. The van der Waals surface area contributed by atoms with Crippen LogP contribution in [0.15, 0.2) is 23.8 Å². The molecule has 0 aromatic heterocycles. The maximum absolute atomic E-state index is 12.7. The summed E-state index contributed by atoms with van der Waals surface area (Å²) >= 11 is 0. The van der Waals surface area contributed by atoms with Crippen LogP contribution in [0.4, 0.5) is 0 Å². The molecular weight excluding hydrogens is 411 g/mol. The molecule has 0 amide bonds. The van der Waals surface area contributed by atoms with Crippen LogP contribution < -0.4 is 34.7 Å². The number of carboxylic acid groups (broad SMARTS) is 1. The van der Waals surface area contributed by atoms with Crippen molar-refractivity contribution in [3.63, 3.8) is 0 Å². The van der Waals surface area contributed by atoms with Gasteiger partial charge in [0.05, 0.1) is 24.2 Å². The molecule has 0 spiro atoms. The second kappa shape index (κ2) is 13.1. The zero-order valence-corrected chi connectivity index (χ0v) is 20.6. The van der Waals surface area contributed by atoms with Crippen LogP contribution in [-0.4, -0.2) is 51.7 Å². The van der Waals surface area contributed by atoms with Gasteiger partial charge in [-0.2, -0.15) is 0 Å². The summed E-state index contributed by atoms with van der Waals surface area (Å²) in [7, 11) is 0. The summed E-state index contributed by atoms with van der Waals surface area (Å²) in [4.78, 5) is 23.3. The Kier molecular flexibility index (Phi) is 9.92. The van der Waals surface area contributed by atoms with Crippen LogP contribution in [0, 0.1) is 23.7 Å². The van der Waals surface area contributed by atoms with Gasteiger partial charge in [0.1, 0.15) is 6.10 Å². The Morgan fingerprint density at radius 2 is 2.06 bits per heavy atom. The second-order valence-electron chi connectivity index (χ2n) is 8.48. The van der Waals surface area contributed by atoms with E-state index in [1.54, 1.807) is 13.0 Å². The predicted octanol–water partition coefficient (Wildman–Crippen LogP) is -1.89. The van der Waals surface area contributed by atoms with Crippen LogP contribution in [-0.2, 0) is 14.3 Å². The first-order valence-corrected chi connectivity index (χ1v) is 10.7. The van der Waals surface area contributed by atoms with Crippen molar-refractivity contribution in [2.75, 3.05) is 0 Å². The van der Waals surface area contributed by atoms with Crippen LogP contribution in [0.5, 0.6) is 0 Å². The Labute approximate surface area is 211 Å². The van der Waals surface area contributed by atoms with Crippen LogP contribution in [0.2, 0.25) is 0 Å². The molecule has 170 valence electrons. The van der Waals surface area contributed by atoms with Crippen LogP contribution in [0.3, 0.4) is 0 Å². The van der Waals surface area contributed by atoms with Crippen molar-refractivity contribution in [2.24, 2.45) is 23.7 Å². The number of hydrogen-bond donors (Lipinski definition) is 3. The fourth-order valence-electron chi connectivity index (χ4n) is 4.48. The average molecular weight is 450 g/mol. The topological polar surface area (TPSA) is 127 Å². The van der Waals surface area contributed by atoms with Crippen LogP contribution in [0.1, 0.15) is 63.3 Å². The van der Waals surface area contributed by atoms with Crippen molar-refractivity contribution in [1.82, 2.24) is 0 Å². The third kappa shape index (κ3) is 7.98. The summed E-state index contributed by atoms with van der Waals surface area (Å²) in [6.45, 7) is 1.04. The summed E-state index contributed by atoms with van der Waals surface area (Å²) in [5, 5.41) is 41.2. The standard InChI is InChI=1S/C23H36O7.Na/c1-4-13(2)23(29)30-20-7-5-6-15-10-19(26)14(3)18(22(15)20)9-8-16(24)11-17(25)12-21(27)28;/h5-6,10,13-14,16-20,22,24-26H,4,7-9,11-12H2,1-3H3,(H,27,28);/q;+1/p-1/t13-,14+,16+,17+,18-,19+,20-,22-;/m0./s1/i2D3;. The number of ether oxygens (including phenoxy) is 1. The SMILES string of the molecule is [2H]C([2H])([2H])[C@@H](CC)C(=O)O[C@H]1CC=CC2=C[C@@H](O)[C@H](C)[C@H](CC[C@@H](O)C[C@@H](O)CC(=O)[O-])[C@H]21.[Na+]. The molecule has 2 rings (SSSR count). The van der Waals surface area contributed by atoms with Gasteiger partial charge in [0.2, 0.25) is 0 Å². The van der Waals surface area contributed by atoms with Gasteiger partial charge in [-0.3, -0.25) is 4.79 Å². The zero-order valence-electron chi connectivity index (χ0n) is 21.6. The smallest absolute Gasteiger partial charge is 0.550 e. The van der Waals surface area contributed by atoms with Gasteiger partial charge in [-0.25, -0.2) is 0 Å². The van der Waals surface area contributed by atoms with Gasteiger partial charge in [-0.05, 0) is 43.1 Å². The van der Waals surface area contributed by atoms with Crippen molar-refractivity contribution >= 4 is 11.9 Å². The molecule has 2 aliphatic rings. The minimum atomic E-state index is -2.46. The molecule has 0 heterocycles. The van der Waals surface area contributed by atoms with E-state index in [1.807, 2.05) is 19.1 Å². The van der Waals surface area contributed by atoms with E-state index in [1.165, 1.54) is 0 Å². The van der Waals surface area contributed by atoms with E-state index in [0.29, 0.717) is 12.8 Å². The van der Waals surface area contributed by atoms with Gasteiger partial charge in [0.25, 0.3) is 0 Å². The number of fused-ring (bicyclic) bond motifs is 1. The number of carboxylic acids is 1. The molecule has 8 atom stereocenters. The normalized spacial score (nSPS) is 32.1. The van der Waals surface area contributed by atoms with Gasteiger partial charge < -0.3 is 30.0 Å². The third-order valence-corrected chi connectivity index (χ3v) is 6.24. The van der Waals surface area contributed by atoms with Crippen molar-refractivity contribution in [1.29, 1.82) is 0 Å². The Balaban J connectivity index is 0.00000578. The number of rotatable bonds is 10. The third-order valence-electron chi connectivity index (χ3n) is 6.24. The van der Waals surface area contributed by atoms with E-state index in [2.05, 4.69) is 0 Å². The molecule has 0 unspecified atom stereocenters. The number of allylic oxidation sites excluding steroid dienone is 1. The molecule has 0 radical (unpaired) electrons. The minimum Gasteiger partial charge on any atom is -0.550 e. The van der Waals surface area contributed by atoms with Crippen molar-refractivity contribution in [2.45, 2.75) is 83.6 Å². The van der Waals surface area contributed by atoms with E-state index in [4.69, 9.17) is 8.85 Å². The first kappa shape index (κ1) is 23.5.